The minimum absolute atomic E-state index is 0.0247. The highest BCUT2D eigenvalue weighted by Crippen LogP contribution is 2.36. The summed E-state index contributed by atoms with van der Waals surface area (Å²) in [6.45, 7) is 1.99. The molecule has 1 aliphatic heterocycles. The lowest BCUT2D eigenvalue weighted by Gasteiger charge is -2.15. The van der Waals surface area contributed by atoms with Gasteiger partial charge in [-0.25, -0.2) is 8.42 Å². The zero-order valence-electron chi connectivity index (χ0n) is 10.8. The van der Waals surface area contributed by atoms with Crippen LogP contribution in [0.25, 0.3) is 0 Å². The third-order valence-corrected chi connectivity index (χ3v) is 5.06. The zero-order valence-corrected chi connectivity index (χ0v) is 12.4. The Morgan fingerprint density at radius 2 is 2.15 bits per heavy atom. The molecule has 1 amide bonds. The normalized spacial score (nSPS) is 22.8. The second kappa shape index (κ2) is 4.36. The zero-order chi connectivity index (χ0) is 14.5. The molecule has 1 aromatic carbocycles. The van der Waals surface area contributed by atoms with Crippen LogP contribution in [-0.4, -0.2) is 26.0 Å². The number of ether oxygens (including phenoxy) is 1. The molecule has 0 bridgehead atoms. The largest absolute Gasteiger partial charge is 0.480 e. The van der Waals surface area contributed by atoms with E-state index < -0.39 is 15.2 Å². The predicted octanol–water partition coefficient (Wildman–Crippen LogP) is 1.59. The molecule has 2 aliphatic rings. The van der Waals surface area contributed by atoms with Gasteiger partial charge in [-0.1, -0.05) is 0 Å². The molecule has 0 radical (unpaired) electrons. The van der Waals surface area contributed by atoms with E-state index in [1.54, 1.807) is 0 Å². The maximum atomic E-state index is 12.1. The van der Waals surface area contributed by atoms with Crippen LogP contribution in [0.1, 0.15) is 25.3 Å². The number of carbonyl (C=O) groups excluding carboxylic acids is 1. The van der Waals surface area contributed by atoms with Crippen molar-refractivity contribution in [1.82, 2.24) is 5.32 Å². The summed E-state index contributed by atoms with van der Waals surface area (Å²) in [5, 5.41) is 2.94. The van der Waals surface area contributed by atoms with Crippen molar-refractivity contribution in [3.63, 3.8) is 0 Å². The minimum atomic E-state index is -3.76. The summed E-state index contributed by atoms with van der Waals surface area (Å²) in [7, 11) is 1.54. The van der Waals surface area contributed by atoms with E-state index in [1.165, 1.54) is 18.2 Å². The van der Waals surface area contributed by atoms with Gasteiger partial charge in [-0.3, -0.25) is 4.79 Å². The van der Waals surface area contributed by atoms with E-state index in [-0.39, 0.29) is 16.3 Å². The molecule has 0 saturated heterocycles. The summed E-state index contributed by atoms with van der Waals surface area (Å²) in [4.78, 5) is 12.1. The molecule has 1 fully saturated rings. The SMILES string of the molecule is CC1(NC(=O)C2Cc3cc(S(=O)(=O)Cl)ccc3O2)CC1. The summed E-state index contributed by atoms with van der Waals surface area (Å²) in [5.41, 5.74) is 0.590. The number of benzene rings is 1. The van der Waals surface area contributed by atoms with E-state index >= 15 is 0 Å². The molecular formula is C13H14ClNO4S. The van der Waals surface area contributed by atoms with E-state index in [2.05, 4.69) is 5.32 Å². The van der Waals surface area contributed by atoms with Crippen LogP contribution in [0.3, 0.4) is 0 Å². The number of rotatable bonds is 3. The molecule has 0 spiro atoms. The van der Waals surface area contributed by atoms with Crippen LogP contribution in [0, 0.1) is 0 Å². The second-order valence-electron chi connectivity index (χ2n) is 5.57. The van der Waals surface area contributed by atoms with Gasteiger partial charge in [-0.15, -0.1) is 0 Å². The van der Waals surface area contributed by atoms with E-state index in [4.69, 9.17) is 15.4 Å². The highest BCUT2D eigenvalue weighted by molar-refractivity contribution is 8.13. The fraction of sp³-hybridized carbons (Fsp3) is 0.462. The summed E-state index contributed by atoms with van der Waals surface area (Å²) in [6, 6.07) is 4.38. The lowest BCUT2D eigenvalue weighted by Crippen LogP contribution is -2.43. The lowest BCUT2D eigenvalue weighted by molar-refractivity contribution is -0.128. The molecule has 20 heavy (non-hydrogen) atoms. The number of nitrogens with one attached hydrogen (secondary N) is 1. The van der Waals surface area contributed by atoms with Crippen LogP contribution >= 0.6 is 10.7 Å². The second-order valence-corrected chi connectivity index (χ2v) is 8.13. The molecule has 0 aromatic heterocycles. The third kappa shape index (κ3) is 2.62. The van der Waals surface area contributed by atoms with Crippen molar-refractivity contribution in [3.05, 3.63) is 23.8 Å². The molecule has 1 N–H and O–H groups in total. The molecule has 1 aromatic rings. The van der Waals surface area contributed by atoms with Gasteiger partial charge in [-0.2, -0.15) is 0 Å². The summed E-state index contributed by atoms with van der Waals surface area (Å²) < 4.78 is 28.1. The van der Waals surface area contributed by atoms with Gasteiger partial charge in [0.25, 0.3) is 15.0 Å². The van der Waals surface area contributed by atoms with Gasteiger partial charge in [-0.05, 0) is 43.5 Å². The first-order valence-electron chi connectivity index (χ1n) is 6.33. The van der Waals surface area contributed by atoms with E-state index in [1.807, 2.05) is 6.92 Å². The van der Waals surface area contributed by atoms with E-state index in [9.17, 15) is 13.2 Å². The molecular weight excluding hydrogens is 302 g/mol. The van der Waals surface area contributed by atoms with Crippen LogP contribution < -0.4 is 10.1 Å². The van der Waals surface area contributed by atoms with Gasteiger partial charge in [0, 0.05) is 22.6 Å². The van der Waals surface area contributed by atoms with E-state index in [0.717, 1.165) is 12.8 Å². The number of amides is 1. The van der Waals surface area contributed by atoms with Crippen LogP contribution in [0.2, 0.25) is 0 Å². The molecule has 1 heterocycles. The maximum absolute atomic E-state index is 12.1. The first-order chi connectivity index (χ1) is 9.27. The highest BCUT2D eigenvalue weighted by atomic mass is 35.7. The fourth-order valence-corrected chi connectivity index (χ4v) is 3.01. The van der Waals surface area contributed by atoms with E-state index in [0.29, 0.717) is 17.7 Å². The van der Waals surface area contributed by atoms with Crippen molar-refractivity contribution in [2.24, 2.45) is 0 Å². The molecule has 1 aliphatic carbocycles. The molecule has 5 nitrogen and oxygen atoms in total. The standard InChI is InChI=1S/C13H14ClNO4S/c1-13(4-5-13)15-12(16)11-7-8-6-9(20(14,17)18)2-3-10(8)19-11/h2-3,6,11H,4-5,7H2,1H3,(H,15,16). The molecule has 7 heteroatoms. The van der Waals surface area contributed by atoms with Gasteiger partial charge in [0.2, 0.25) is 0 Å². The number of fused-ring (bicyclic) bond motifs is 1. The Bertz CT molecular complexity index is 682. The molecule has 1 unspecified atom stereocenters. The Kier molecular flexibility index (Phi) is 2.99. The van der Waals surface area contributed by atoms with Crippen LogP contribution in [0.15, 0.2) is 23.1 Å². The number of halogens is 1. The molecule has 1 saturated carbocycles. The Hall–Kier alpha value is -1.27. The summed E-state index contributed by atoms with van der Waals surface area (Å²) in [6.07, 6.45) is 1.72. The number of carbonyl (C=O) groups is 1. The van der Waals surface area contributed by atoms with Gasteiger partial charge in [0.05, 0.1) is 4.90 Å². The smallest absolute Gasteiger partial charge is 0.261 e. The van der Waals surface area contributed by atoms with Crippen molar-refractivity contribution >= 4 is 25.6 Å². The third-order valence-electron chi connectivity index (χ3n) is 3.71. The lowest BCUT2D eigenvalue weighted by atomic mass is 10.1. The van der Waals surface area contributed by atoms with Gasteiger partial charge in [0.1, 0.15) is 5.75 Å². The predicted molar refractivity (Wildman–Crippen MR) is 73.4 cm³/mol. The van der Waals surface area contributed by atoms with Crippen molar-refractivity contribution in [1.29, 1.82) is 0 Å². The number of hydrogen-bond acceptors (Lipinski definition) is 4. The van der Waals surface area contributed by atoms with Gasteiger partial charge >= 0.3 is 0 Å². The maximum Gasteiger partial charge on any atom is 0.261 e. The van der Waals surface area contributed by atoms with Gasteiger partial charge < -0.3 is 10.1 Å². The Balaban J connectivity index is 1.77. The van der Waals surface area contributed by atoms with Crippen LogP contribution in [-0.2, 0) is 20.3 Å². The summed E-state index contributed by atoms with van der Waals surface area (Å²) in [5.74, 6) is 0.381. The molecule has 3 rings (SSSR count). The minimum Gasteiger partial charge on any atom is -0.480 e. The van der Waals surface area contributed by atoms with Crippen molar-refractivity contribution in [2.75, 3.05) is 0 Å². The average molecular weight is 316 g/mol. The monoisotopic (exact) mass is 315 g/mol. The van der Waals surface area contributed by atoms with Crippen LogP contribution in [0.5, 0.6) is 5.75 Å². The highest BCUT2D eigenvalue weighted by Gasteiger charge is 2.41. The fourth-order valence-electron chi connectivity index (χ4n) is 2.21. The van der Waals surface area contributed by atoms with Crippen LogP contribution in [0.4, 0.5) is 0 Å². The van der Waals surface area contributed by atoms with Crippen molar-refractivity contribution in [2.45, 2.75) is 42.7 Å². The Labute approximate surface area is 121 Å². The molecule has 1 atom stereocenters. The average Bonchev–Trinajstić information content (AvgIpc) is 2.92. The first kappa shape index (κ1) is 13.7. The summed E-state index contributed by atoms with van der Waals surface area (Å²) >= 11 is 0. The molecule has 108 valence electrons. The Morgan fingerprint density at radius 1 is 1.45 bits per heavy atom. The first-order valence-corrected chi connectivity index (χ1v) is 8.64. The van der Waals surface area contributed by atoms with Crippen molar-refractivity contribution in [3.8, 4) is 5.75 Å². The Morgan fingerprint density at radius 3 is 2.75 bits per heavy atom. The topological polar surface area (TPSA) is 72.5 Å². The number of hydrogen-bond donors (Lipinski definition) is 1. The van der Waals surface area contributed by atoms with Crippen molar-refractivity contribution < 1.29 is 17.9 Å². The quantitative estimate of drug-likeness (QED) is 0.860. The van der Waals surface area contributed by atoms with Gasteiger partial charge in [0.15, 0.2) is 6.10 Å².